The van der Waals surface area contributed by atoms with Crippen LogP contribution in [0.25, 0.3) is 0 Å². The minimum Gasteiger partial charge on any atom is -0.477 e. The Hall–Kier alpha value is -1.91. The first-order valence-corrected chi connectivity index (χ1v) is 7.32. The molecule has 1 aromatic rings. The molecule has 1 aliphatic rings. The van der Waals surface area contributed by atoms with Gasteiger partial charge in [0.05, 0.1) is 5.56 Å². The number of pyridine rings is 1. The summed E-state index contributed by atoms with van der Waals surface area (Å²) in [6.45, 7) is 8.23. The Morgan fingerprint density at radius 3 is 2.33 bits per heavy atom. The van der Waals surface area contributed by atoms with E-state index >= 15 is 0 Å². The van der Waals surface area contributed by atoms with Crippen LogP contribution in [0.15, 0.2) is 18.3 Å². The van der Waals surface area contributed by atoms with Gasteiger partial charge in [-0.05, 0) is 36.3 Å². The Kier molecular flexibility index (Phi) is 4.30. The van der Waals surface area contributed by atoms with Crippen molar-refractivity contribution in [1.82, 2.24) is 9.88 Å². The second kappa shape index (κ2) is 5.84. The van der Waals surface area contributed by atoms with Crippen LogP contribution in [0.2, 0.25) is 0 Å². The van der Waals surface area contributed by atoms with Crippen LogP contribution in [0, 0.1) is 11.3 Å². The number of nitrogens with zero attached hydrogens (tertiary/aromatic N) is 2. The fraction of sp³-hybridized carbons (Fsp3) is 0.562. The minimum absolute atomic E-state index is 0.0439. The average Bonchev–Trinajstić information content (AvgIpc) is 2.47. The van der Waals surface area contributed by atoms with Crippen LogP contribution in [0.3, 0.4) is 0 Å². The SMILES string of the molecule is CC(C)C1(C)CCN(C(=O)c2ccc(C(=O)O)nc2)CC1. The summed E-state index contributed by atoms with van der Waals surface area (Å²) < 4.78 is 0. The molecular weight excluding hydrogens is 268 g/mol. The summed E-state index contributed by atoms with van der Waals surface area (Å²) >= 11 is 0. The number of carboxylic acids is 1. The average molecular weight is 290 g/mol. The number of rotatable bonds is 3. The minimum atomic E-state index is -1.08. The van der Waals surface area contributed by atoms with Gasteiger partial charge in [0.25, 0.3) is 5.91 Å². The van der Waals surface area contributed by atoms with Crippen LogP contribution in [-0.2, 0) is 0 Å². The monoisotopic (exact) mass is 290 g/mol. The number of amides is 1. The van der Waals surface area contributed by atoms with E-state index in [1.54, 1.807) is 0 Å². The maximum absolute atomic E-state index is 12.4. The molecule has 1 amide bonds. The van der Waals surface area contributed by atoms with E-state index in [-0.39, 0.29) is 11.6 Å². The molecule has 1 aliphatic heterocycles. The molecule has 2 heterocycles. The predicted molar refractivity (Wildman–Crippen MR) is 79.3 cm³/mol. The molecule has 5 nitrogen and oxygen atoms in total. The van der Waals surface area contributed by atoms with Crippen LogP contribution in [0.5, 0.6) is 0 Å². The molecule has 1 N–H and O–H groups in total. The highest BCUT2D eigenvalue weighted by atomic mass is 16.4. The standard InChI is InChI=1S/C16H22N2O3/c1-11(2)16(3)6-8-18(9-7-16)14(19)12-4-5-13(15(20)21)17-10-12/h4-5,10-11H,6-9H2,1-3H3,(H,20,21). The van der Waals surface area contributed by atoms with Gasteiger partial charge in [-0.25, -0.2) is 9.78 Å². The van der Waals surface area contributed by atoms with E-state index in [1.807, 2.05) is 4.90 Å². The number of carboxylic acid groups (broad SMARTS) is 1. The number of aromatic nitrogens is 1. The van der Waals surface area contributed by atoms with Gasteiger partial charge in [0.1, 0.15) is 5.69 Å². The maximum atomic E-state index is 12.4. The molecule has 1 fully saturated rings. The lowest BCUT2D eigenvalue weighted by atomic mass is 9.72. The quantitative estimate of drug-likeness (QED) is 0.929. The van der Waals surface area contributed by atoms with Gasteiger partial charge in [-0.3, -0.25) is 4.79 Å². The second-order valence-corrected chi connectivity index (χ2v) is 6.34. The largest absolute Gasteiger partial charge is 0.477 e. The highest BCUT2D eigenvalue weighted by Gasteiger charge is 2.34. The molecule has 0 unspecified atom stereocenters. The highest BCUT2D eigenvalue weighted by Crippen LogP contribution is 2.38. The van der Waals surface area contributed by atoms with Crippen molar-refractivity contribution in [1.29, 1.82) is 0 Å². The molecule has 5 heteroatoms. The normalized spacial score (nSPS) is 17.8. The zero-order valence-corrected chi connectivity index (χ0v) is 12.8. The number of piperidine rings is 1. The van der Waals surface area contributed by atoms with Crippen LogP contribution in [0.1, 0.15) is 54.5 Å². The molecule has 114 valence electrons. The van der Waals surface area contributed by atoms with Gasteiger partial charge < -0.3 is 10.0 Å². The summed E-state index contributed by atoms with van der Waals surface area (Å²) in [5, 5.41) is 8.81. The van der Waals surface area contributed by atoms with Gasteiger partial charge in [-0.1, -0.05) is 20.8 Å². The number of carbonyl (C=O) groups excluding carboxylic acids is 1. The van der Waals surface area contributed by atoms with E-state index in [1.165, 1.54) is 18.3 Å². The van der Waals surface area contributed by atoms with Crippen molar-refractivity contribution in [3.63, 3.8) is 0 Å². The molecule has 1 saturated heterocycles. The Morgan fingerprint density at radius 2 is 1.90 bits per heavy atom. The van der Waals surface area contributed by atoms with Crippen LogP contribution < -0.4 is 0 Å². The number of likely N-dealkylation sites (tertiary alicyclic amines) is 1. The predicted octanol–water partition coefficient (Wildman–Crippen LogP) is 2.68. The first-order chi connectivity index (χ1) is 9.83. The lowest BCUT2D eigenvalue weighted by Gasteiger charge is -2.42. The summed E-state index contributed by atoms with van der Waals surface area (Å²) in [5.74, 6) is -0.545. The van der Waals surface area contributed by atoms with Crippen LogP contribution in [0.4, 0.5) is 0 Å². The molecule has 0 spiro atoms. The smallest absolute Gasteiger partial charge is 0.354 e. The zero-order valence-electron chi connectivity index (χ0n) is 12.8. The third kappa shape index (κ3) is 3.23. The number of carbonyl (C=O) groups is 2. The Bertz CT molecular complexity index is 529. The fourth-order valence-corrected chi connectivity index (χ4v) is 2.63. The molecule has 1 aromatic heterocycles. The van der Waals surface area contributed by atoms with Gasteiger partial charge in [-0.15, -0.1) is 0 Å². The van der Waals surface area contributed by atoms with Gasteiger partial charge in [0.15, 0.2) is 0 Å². The van der Waals surface area contributed by atoms with Gasteiger partial charge in [0.2, 0.25) is 0 Å². The van der Waals surface area contributed by atoms with Crippen molar-refractivity contribution in [2.24, 2.45) is 11.3 Å². The van der Waals surface area contributed by atoms with E-state index in [0.717, 1.165) is 25.9 Å². The molecule has 0 bridgehead atoms. The van der Waals surface area contributed by atoms with Crippen LogP contribution >= 0.6 is 0 Å². The first-order valence-electron chi connectivity index (χ1n) is 7.32. The fourth-order valence-electron chi connectivity index (χ4n) is 2.63. The summed E-state index contributed by atoms with van der Waals surface area (Å²) in [4.78, 5) is 28.8. The van der Waals surface area contributed by atoms with Gasteiger partial charge in [0, 0.05) is 19.3 Å². The van der Waals surface area contributed by atoms with E-state index in [4.69, 9.17) is 5.11 Å². The Morgan fingerprint density at radius 1 is 1.29 bits per heavy atom. The molecule has 0 aromatic carbocycles. The Labute approximate surface area is 125 Å². The lowest BCUT2D eigenvalue weighted by molar-refractivity contribution is 0.0506. The van der Waals surface area contributed by atoms with Gasteiger partial charge >= 0.3 is 5.97 Å². The molecule has 2 rings (SSSR count). The van der Waals surface area contributed by atoms with E-state index in [2.05, 4.69) is 25.8 Å². The summed E-state index contributed by atoms with van der Waals surface area (Å²) in [5.41, 5.74) is 0.702. The number of hydrogen-bond donors (Lipinski definition) is 1. The maximum Gasteiger partial charge on any atom is 0.354 e. The van der Waals surface area contributed by atoms with Crippen molar-refractivity contribution >= 4 is 11.9 Å². The van der Waals surface area contributed by atoms with E-state index in [9.17, 15) is 9.59 Å². The molecular formula is C16H22N2O3. The number of aromatic carboxylic acids is 1. The van der Waals surface area contributed by atoms with Crippen molar-refractivity contribution in [3.8, 4) is 0 Å². The third-order valence-electron chi connectivity index (χ3n) is 4.82. The van der Waals surface area contributed by atoms with Crippen molar-refractivity contribution in [2.45, 2.75) is 33.6 Å². The van der Waals surface area contributed by atoms with E-state index in [0.29, 0.717) is 16.9 Å². The third-order valence-corrected chi connectivity index (χ3v) is 4.82. The topological polar surface area (TPSA) is 70.5 Å². The summed E-state index contributed by atoms with van der Waals surface area (Å²) in [6.07, 6.45) is 3.34. The van der Waals surface area contributed by atoms with Crippen molar-refractivity contribution < 1.29 is 14.7 Å². The molecule has 0 saturated carbocycles. The zero-order chi connectivity index (χ0) is 15.6. The molecule has 0 atom stereocenters. The number of hydrogen-bond acceptors (Lipinski definition) is 3. The Balaban J connectivity index is 2.03. The first kappa shape index (κ1) is 15.5. The summed E-state index contributed by atoms with van der Waals surface area (Å²) in [7, 11) is 0. The molecule has 0 aliphatic carbocycles. The molecule has 0 radical (unpaired) electrons. The molecule has 21 heavy (non-hydrogen) atoms. The van der Waals surface area contributed by atoms with Crippen molar-refractivity contribution in [3.05, 3.63) is 29.6 Å². The highest BCUT2D eigenvalue weighted by molar-refractivity contribution is 5.95. The van der Waals surface area contributed by atoms with Gasteiger partial charge in [-0.2, -0.15) is 0 Å². The van der Waals surface area contributed by atoms with Crippen molar-refractivity contribution in [2.75, 3.05) is 13.1 Å². The van der Waals surface area contributed by atoms with E-state index < -0.39 is 5.97 Å². The van der Waals surface area contributed by atoms with Crippen LogP contribution in [-0.4, -0.2) is 40.0 Å². The summed E-state index contributed by atoms with van der Waals surface area (Å²) in [6, 6.07) is 2.91. The lowest BCUT2D eigenvalue weighted by Crippen LogP contribution is -2.44. The second-order valence-electron chi connectivity index (χ2n) is 6.34.